The SMILES string of the molecule is CCCCP(CCCC)(CCCC)=Nc1ccccc1C(=O)N1C(=O)CC[C@H]1C(=O)OC. The Labute approximate surface area is 193 Å². The molecule has 2 rings (SSSR count). The summed E-state index contributed by atoms with van der Waals surface area (Å²) in [5.74, 6) is -1.32. The van der Waals surface area contributed by atoms with Crippen LogP contribution in [0, 0.1) is 0 Å². The molecule has 0 spiro atoms. The van der Waals surface area contributed by atoms with Gasteiger partial charge in [-0.1, -0.05) is 52.2 Å². The molecule has 7 heteroatoms. The molecule has 0 aromatic heterocycles. The number of rotatable bonds is 12. The summed E-state index contributed by atoms with van der Waals surface area (Å²) in [6, 6.07) is 6.46. The van der Waals surface area contributed by atoms with Gasteiger partial charge in [-0.25, -0.2) is 4.79 Å². The third-order valence-corrected chi connectivity index (χ3v) is 10.2. The van der Waals surface area contributed by atoms with E-state index < -0.39 is 25.0 Å². The van der Waals surface area contributed by atoms with Crippen LogP contribution in [-0.4, -0.2) is 54.3 Å². The number of unbranched alkanes of at least 4 members (excludes halogenated alkanes) is 3. The van der Waals surface area contributed by atoms with E-state index in [1.165, 1.54) is 7.11 Å². The normalized spacial score (nSPS) is 16.3. The molecule has 0 saturated carbocycles. The molecule has 6 nitrogen and oxygen atoms in total. The van der Waals surface area contributed by atoms with Crippen molar-refractivity contribution >= 4 is 30.5 Å². The number of methoxy groups -OCH3 is 1. The number of hydrogen-bond acceptors (Lipinski definition) is 5. The van der Waals surface area contributed by atoms with E-state index in [4.69, 9.17) is 9.48 Å². The minimum Gasteiger partial charge on any atom is -0.467 e. The molecule has 2 amide bonds. The topological polar surface area (TPSA) is 76.0 Å². The summed E-state index contributed by atoms with van der Waals surface area (Å²) in [6.07, 6.45) is 10.5. The zero-order chi connectivity index (χ0) is 23.6. The van der Waals surface area contributed by atoms with E-state index in [0.29, 0.717) is 17.7 Å². The Kier molecular flexibility index (Phi) is 10.6. The first-order valence-electron chi connectivity index (χ1n) is 12.1. The minimum absolute atomic E-state index is 0.172. The molecule has 1 aromatic rings. The van der Waals surface area contributed by atoms with Crippen molar-refractivity contribution in [1.82, 2.24) is 4.90 Å². The average Bonchev–Trinajstić information content (AvgIpc) is 3.20. The lowest BCUT2D eigenvalue weighted by atomic mass is 10.1. The number of likely N-dealkylation sites (tertiary alicyclic amines) is 1. The fourth-order valence-electron chi connectivity index (χ4n) is 4.24. The highest BCUT2D eigenvalue weighted by Crippen LogP contribution is 2.54. The van der Waals surface area contributed by atoms with Gasteiger partial charge in [0.05, 0.1) is 18.4 Å². The van der Waals surface area contributed by atoms with E-state index in [0.717, 1.165) is 61.9 Å². The number of imide groups is 1. The first-order valence-corrected chi connectivity index (χ1v) is 14.3. The summed E-state index contributed by atoms with van der Waals surface area (Å²) in [7, 11) is -0.361. The van der Waals surface area contributed by atoms with Crippen molar-refractivity contribution in [2.45, 2.75) is 78.2 Å². The number of nitrogens with zero attached hydrogens (tertiary/aromatic N) is 2. The van der Waals surface area contributed by atoms with Crippen LogP contribution >= 0.6 is 7.05 Å². The molecular formula is C25H39N2O4P. The highest BCUT2D eigenvalue weighted by atomic mass is 31.2. The lowest BCUT2D eigenvalue weighted by Gasteiger charge is -2.26. The highest BCUT2D eigenvalue weighted by Gasteiger charge is 2.41. The molecule has 0 N–H and O–H groups in total. The molecule has 32 heavy (non-hydrogen) atoms. The van der Waals surface area contributed by atoms with Gasteiger partial charge < -0.3 is 4.74 Å². The van der Waals surface area contributed by atoms with Gasteiger partial charge in [-0.05, 0) is 63.4 Å². The molecule has 1 aliphatic rings. The van der Waals surface area contributed by atoms with Gasteiger partial charge in [-0.2, -0.15) is 0 Å². The maximum absolute atomic E-state index is 13.5. The molecule has 0 radical (unpaired) electrons. The predicted octanol–water partition coefficient (Wildman–Crippen LogP) is 6.22. The van der Waals surface area contributed by atoms with Gasteiger partial charge in [-0.3, -0.25) is 19.2 Å². The summed E-state index contributed by atoms with van der Waals surface area (Å²) in [6.45, 7) is 6.62. The zero-order valence-corrected chi connectivity index (χ0v) is 21.0. The molecule has 0 aliphatic carbocycles. The Morgan fingerprint density at radius 2 is 1.59 bits per heavy atom. The largest absolute Gasteiger partial charge is 0.467 e. The molecule has 1 aliphatic heterocycles. The summed E-state index contributed by atoms with van der Waals surface area (Å²) in [5.41, 5.74) is 1.07. The lowest BCUT2D eigenvalue weighted by molar-refractivity contribution is -0.147. The Bertz CT molecular complexity index is 824. The Morgan fingerprint density at radius 1 is 1.03 bits per heavy atom. The van der Waals surface area contributed by atoms with Crippen molar-refractivity contribution in [1.29, 1.82) is 0 Å². The zero-order valence-electron chi connectivity index (χ0n) is 20.1. The Hall–Kier alpha value is -1.94. The number of hydrogen-bond donors (Lipinski definition) is 0. The minimum atomic E-state index is -1.64. The van der Waals surface area contributed by atoms with Crippen LogP contribution in [0.25, 0.3) is 0 Å². The number of amides is 2. The van der Waals surface area contributed by atoms with E-state index in [2.05, 4.69) is 20.8 Å². The van der Waals surface area contributed by atoms with Gasteiger partial charge in [0.25, 0.3) is 5.91 Å². The molecular weight excluding hydrogens is 423 g/mol. The van der Waals surface area contributed by atoms with Crippen molar-refractivity contribution in [2.75, 3.05) is 25.6 Å². The molecule has 1 atom stereocenters. The van der Waals surface area contributed by atoms with Crippen LogP contribution in [-0.2, 0) is 14.3 Å². The molecule has 0 unspecified atom stereocenters. The second-order valence-corrected chi connectivity index (χ2v) is 12.3. The Balaban J connectivity index is 2.52. The standard InChI is InChI=1S/C25H39N2O4P/c1-5-8-17-32(18-9-6-2,19-10-7-3)26-21-14-12-11-13-20(21)24(29)27-22(25(30)31-4)15-16-23(27)28/h11-14,22H,5-10,15-19H2,1-4H3/t22-/m0/s1. The third-order valence-electron chi connectivity index (χ3n) is 6.14. The smallest absolute Gasteiger partial charge is 0.329 e. The molecule has 1 heterocycles. The van der Waals surface area contributed by atoms with Crippen molar-refractivity contribution < 1.29 is 19.1 Å². The van der Waals surface area contributed by atoms with Gasteiger partial charge >= 0.3 is 5.97 Å². The number of esters is 1. The number of carbonyl (C=O) groups excluding carboxylic acids is 3. The maximum atomic E-state index is 13.5. The molecule has 178 valence electrons. The summed E-state index contributed by atoms with van der Waals surface area (Å²) >= 11 is 0. The third kappa shape index (κ3) is 6.54. The number of ether oxygens (including phenoxy) is 1. The second kappa shape index (κ2) is 12.9. The van der Waals surface area contributed by atoms with Crippen LogP contribution in [0.15, 0.2) is 29.0 Å². The molecule has 0 bridgehead atoms. The van der Waals surface area contributed by atoms with Gasteiger partial charge in [0.1, 0.15) is 6.04 Å². The summed E-state index contributed by atoms with van der Waals surface area (Å²) in [4.78, 5) is 39.3. The van der Waals surface area contributed by atoms with Gasteiger partial charge in [0, 0.05) is 6.42 Å². The average molecular weight is 463 g/mol. The predicted molar refractivity (Wildman–Crippen MR) is 131 cm³/mol. The first-order chi connectivity index (χ1) is 15.4. The first kappa shape index (κ1) is 26.3. The van der Waals surface area contributed by atoms with E-state index in [9.17, 15) is 14.4 Å². The monoisotopic (exact) mass is 462 g/mol. The van der Waals surface area contributed by atoms with Crippen molar-refractivity contribution in [3.8, 4) is 0 Å². The fourth-order valence-corrected chi connectivity index (χ4v) is 8.56. The quantitative estimate of drug-likeness (QED) is 0.210. The Morgan fingerprint density at radius 3 is 2.12 bits per heavy atom. The van der Waals surface area contributed by atoms with E-state index in [-0.39, 0.29) is 12.3 Å². The van der Waals surface area contributed by atoms with E-state index in [1.54, 1.807) is 12.1 Å². The van der Waals surface area contributed by atoms with Crippen LogP contribution in [0.2, 0.25) is 0 Å². The van der Waals surface area contributed by atoms with Gasteiger partial charge in [-0.15, -0.1) is 0 Å². The summed E-state index contributed by atoms with van der Waals surface area (Å²) in [5, 5.41) is 0. The lowest BCUT2D eigenvalue weighted by Crippen LogP contribution is -2.43. The molecule has 1 aromatic carbocycles. The van der Waals surface area contributed by atoms with Crippen molar-refractivity contribution in [2.24, 2.45) is 4.74 Å². The van der Waals surface area contributed by atoms with Crippen molar-refractivity contribution in [3.63, 3.8) is 0 Å². The van der Waals surface area contributed by atoms with E-state index in [1.807, 2.05) is 12.1 Å². The number of carbonyl (C=O) groups is 3. The fraction of sp³-hybridized carbons (Fsp3) is 0.640. The maximum Gasteiger partial charge on any atom is 0.329 e. The molecule has 1 saturated heterocycles. The highest BCUT2D eigenvalue weighted by molar-refractivity contribution is 7.66. The second-order valence-electron chi connectivity index (χ2n) is 8.59. The van der Waals surface area contributed by atoms with Crippen LogP contribution in [0.5, 0.6) is 0 Å². The summed E-state index contributed by atoms with van der Waals surface area (Å²) < 4.78 is 10.2. The van der Waals surface area contributed by atoms with Crippen LogP contribution < -0.4 is 0 Å². The number of benzene rings is 1. The molecule has 1 fully saturated rings. The van der Waals surface area contributed by atoms with Gasteiger partial charge in [0.15, 0.2) is 0 Å². The van der Waals surface area contributed by atoms with Gasteiger partial charge in [0.2, 0.25) is 5.91 Å². The van der Waals surface area contributed by atoms with Crippen LogP contribution in [0.3, 0.4) is 0 Å². The van der Waals surface area contributed by atoms with E-state index >= 15 is 0 Å². The van der Waals surface area contributed by atoms with Crippen LogP contribution in [0.1, 0.15) is 82.5 Å². The van der Waals surface area contributed by atoms with Crippen molar-refractivity contribution in [3.05, 3.63) is 29.8 Å². The van der Waals surface area contributed by atoms with Crippen LogP contribution in [0.4, 0.5) is 5.69 Å².